The van der Waals surface area contributed by atoms with E-state index in [1.165, 1.54) is 19.4 Å². The number of anilines is 2. The molecule has 1 amide bonds. The average Bonchev–Trinajstić information content (AvgIpc) is 3.00. The van der Waals surface area contributed by atoms with E-state index in [1.807, 2.05) is 43.3 Å². The minimum Gasteiger partial charge on any atom is -0.480 e. The Morgan fingerprint density at radius 3 is 2.35 bits per heavy atom. The van der Waals surface area contributed by atoms with Gasteiger partial charge in [-0.1, -0.05) is 18.2 Å². The number of halogens is 2. The summed E-state index contributed by atoms with van der Waals surface area (Å²) in [5, 5.41) is 6.71. The summed E-state index contributed by atoms with van der Waals surface area (Å²) in [6.07, 6.45) is 1.52. The van der Waals surface area contributed by atoms with Gasteiger partial charge in [0, 0.05) is 47.9 Å². The standard InChI is InChI=1S/C31H27F2N5O4S/c1-4-35-29-24(18-5-7-19(8-6-18)30(39)34-2)14-21-13-20(9-11-26(21)37-29)22-15-27(31(42-3)36-17-22)38-43(40,41)28-12-10-23(32)16-25(28)33/h5-17,38H,4H2,1-3H3,(H,34,39)(H,35,37). The van der Waals surface area contributed by atoms with Gasteiger partial charge in [-0.05, 0) is 66.6 Å². The molecular formula is C31H27F2N5O4S. The van der Waals surface area contributed by atoms with Crippen LogP contribution in [0.2, 0.25) is 0 Å². The molecule has 0 aliphatic carbocycles. The second kappa shape index (κ2) is 12.0. The van der Waals surface area contributed by atoms with Gasteiger partial charge in [0.25, 0.3) is 15.9 Å². The molecule has 0 bridgehead atoms. The number of methoxy groups -OCH3 is 1. The van der Waals surface area contributed by atoms with Crippen LogP contribution >= 0.6 is 0 Å². The highest BCUT2D eigenvalue weighted by Crippen LogP contribution is 2.35. The van der Waals surface area contributed by atoms with Gasteiger partial charge >= 0.3 is 0 Å². The van der Waals surface area contributed by atoms with Gasteiger partial charge in [0.1, 0.15) is 28.0 Å². The highest BCUT2D eigenvalue weighted by Gasteiger charge is 2.22. The number of fused-ring (bicyclic) bond motifs is 1. The van der Waals surface area contributed by atoms with E-state index in [9.17, 15) is 22.0 Å². The first-order chi connectivity index (χ1) is 20.6. The smallest absolute Gasteiger partial charge is 0.264 e. The lowest BCUT2D eigenvalue weighted by atomic mass is 9.99. The van der Waals surface area contributed by atoms with Crippen molar-refractivity contribution in [1.29, 1.82) is 0 Å². The van der Waals surface area contributed by atoms with Crippen molar-refractivity contribution in [3.8, 4) is 28.1 Å². The summed E-state index contributed by atoms with van der Waals surface area (Å²) < 4.78 is 61.1. The summed E-state index contributed by atoms with van der Waals surface area (Å²) in [6, 6.07) is 18.5. The maximum Gasteiger partial charge on any atom is 0.264 e. The van der Waals surface area contributed by atoms with Crippen LogP contribution in [0.5, 0.6) is 5.88 Å². The molecule has 0 saturated carbocycles. The molecule has 3 aromatic carbocycles. The van der Waals surface area contributed by atoms with Crippen LogP contribution < -0.4 is 20.1 Å². The van der Waals surface area contributed by atoms with Crippen molar-refractivity contribution in [3.05, 3.63) is 96.2 Å². The van der Waals surface area contributed by atoms with Gasteiger partial charge < -0.3 is 15.4 Å². The fourth-order valence-corrected chi connectivity index (χ4v) is 5.67. The van der Waals surface area contributed by atoms with E-state index < -0.39 is 26.6 Å². The molecule has 3 N–H and O–H groups in total. The van der Waals surface area contributed by atoms with Gasteiger partial charge in [0.15, 0.2) is 0 Å². The molecule has 0 spiro atoms. The van der Waals surface area contributed by atoms with Gasteiger partial charge in [-0.25, -0.2) is 27.2 Å². The molecule has 2 aromatic heterocycles. The highest BCUT2D eigenvalue weighted by atomic mass is 32.2. The Labute approximate surface area is 247 Å². The quantitative estimate of drug-likeness (QED) is 0.193. The van der Waals surface area contributed by atoms with Crippen LogP contribution in [0.25, 0.3) is 33.2 Å². The summed E-state index contributed by atoms with van der Waals surface area (Å²) >= 11 is 0. The molecule has 0 saturated heterocycles. The molecule has 220 valence electrons. The zero-order valence-electron chi connectivity index (χ0n) is 23.4. The third kappa shape index (κ3) is 6.09. The van der Waals surface area contributed by atoms with Crippen molar-refractivity contribution >= 4 is 38.3 Å². The summed E-state index contributed by atoms with van der Waals surface area (Å²) in [6.45, 7) is 2.62. The van der Waals surface area contributed by atoms with Crippen molar-refractivity contribution in [2.75, 3.05) is 30.7 Å². The maximum atomic E-state index is 14.3. The number of ether oxygens (including phenoxy) is 1. The molecule has 0 fully saturated rings. The van der Waals surface area contributed by atoms with Gasteiger partial charge in [-0.3, -0.25) is 9.52 Å². The number of rotatable bonds is 9. The number of aromatic nitrogens is 2. The Bertz CT molecular complexity index is 1950. The Balaban J connectivity index is 1.55. The summed E-state index contributed by atoms with van der Waals surface area (Å²) in [5.74, 6) is -1.66. The normalized spacial score (nSPS) is 11.3. The third-order valence-corrected chi connectivity index (χ3v) is 8.05. The lowest BCUT2D eigenvalue weighted by Gasteiger charge is -2.15. The lowest BCUT2D eigenvalue weighted by molar-refractivity contribution is 0.0963. The first kappa shape index (κ1) is 29.4. The van der Waals surface area contributed by atoms with Crippen LogP contribution in [-0.4, -0.2) is 45.0 Å². The van der Waals surface area contributed by atoms with Gasteiger partial charge in [-0.15, -0.1) is 0 Å². The second-order valence-electron chi connectivity index (χ2n) is 9.44. The van der Waals surface area contributed by atoms with Crippen LogP contribution in [0.1, 0.15) is 17.3 Å². The van der Waals surface area contributed by atoms with Crippen LogP contribution in [-0.2, 0) is 10.0 Å². The van der Waals surface area contributed by atoms with Crippen molar-refractivity contribution in [2.45, 2.75) is 11.8 Å². The van der Waals surface area contributed by atoms with Crippen molar-refractivity contribution in [3.63, 3.8) is 0 Å². The first-order valence-corrected chi connectivity index (χ1v) is 14.6. The van der Waals surface area contributed by atoms with Crippen LogP contribution in [0, 0.1) is 11.6 Å². The molecule has 0 aliphatic rings. The van der Waals surface area contributed by atoms with E-state index >= 15 is 0 Å². The second-order valence-corrected chi connectivity index (χ2v) is 11.1. The SMILES string of the molecule is CCNc1nc2ccc(-c3cnc(OC)c(NS(=O)(=O)c4ccc(F)cc4F)c3)cc2cc1-c1ccc(C(=O)NC)cc1. The van der Waals surface area contributed by atoms with E-state index in [0.29, 0.717) is 35.1 Å². The molecule has 0 radical (unpaired) electrons. The molecule has 5 aromatic rings. The van der Waals surface area contributed by atoms with Crippen molar-refractivity contribution in [2.24, 2.45) is 0 Å². The van der Waals surface area contributed by atoms with Crippen molar-refractivity contribution in [1.82, 2.24) is 15.3 Å². The number of hydrogen-bond acceptors (Lipinski definition) is 7. The number of sulfonamides is 1. The number of pyridine rings is 2. The number of amides is 1. The van der Waals surface area contributed by atoms with Gasteiger partial charge in [-0.2, -0.15) is 0 Å². The summed E-state index contributed by atoms with van der Waals surface area (Å²) in [5.41, 5.74) is 4.17. The lowest BCUT2D eigenvalue weighted by Crippen LogP contribution is -2.17. The zero-order chi connectivity index (χ0) is 30.7. The third-order valence-electron chi connectivity index (χ3n) is 6.65. The maximum absolute atomic E-state index is 14.3. The van der Waals surface area contributed by atoms with Gasteiger partial charge in [0.2, 0.25) is 5.88 Å². The van der Waals surface area contributed by atoms with Crippen LogP contribution in [0.3, 0.4) is 0 Å². The van der Waals surface area contributed by atoms with E-state index in [4.69, 9.17) is 9.72 Å². The molecule has 0 atom stereocenters. The predicted octanol–water partition coefficient (Wildman–Crippen LogP) is 5.84. The monoisotopic (exact) mass is 603 g/mol. The Hall–Kier alpha value is -5.10. The molecule has 0 aliphatic heterocycles. The van der Waals surface area contributed by atoms with Gasteiger partial charge in [0.05, 0.1) is 12.6 Å². The summed E-state index contributed by atoms with van der Waals surface area (Å²) in [7, 11) is -1.54. The number of hydrogen-bond donors (Lipinski definition) is 3. The van der Waals surface area contributed by atoms with E-state index in [-0.39, 0.29) is 17.5 Å². The molecule has 12 heteroatoms. The number of benzene rings is 3. The van der Waals surface area contributed by atoms with Crippen LogP contribution in [0.4, 0.5) is 20.3 Å². The highest BCUT2D eigenvalue weighted by molar-refractivity contribution is 7.92. The predicted molar refractivity (Wildman–Crippen MR) is 162 cm³/mol. The minimum atomic E-state index is -4.44. The van der Waals surface area contributed by atoms with Crippen LogP contribution in [0.15, 0.2) is 83.9 Å². The van der Waals surface area contributed by atoms with Crippen molar-refractivity contribution < 1.29 is 26.7 Å². The molecular weight excluding hydrogens is 576 g/mol. The Kier molecular flexibility index (Phi) is 8.22. The summed E-state index contributed by atoms with van der Waals surface area (Å²) in [4.78, 5) is 20.3. The van der Waals surface area contributed by atoms with E-state index in [0.717, 1.165) is 34.2 Å². The van der Waals surface area contributed by atoms with E-state index in [1.54, 1.807) is 19.2 Å². The Morgan fingerprint density at radius 2 is 1.67 bits per heavy atom. The molecule has 43 heavy (non-hydrogen) atoms. The molecule has 2 heterocycles. The zero-order valence-corrected chi connectivity index (χ0v) is 24.2. The number of nitrogens with one attached hydrogen (secondary N) is 3. The fraction of sp³-hybridized carbons (Fsp3) is 0.129. The molecule has 5 rings (SSSR count). The topological polar surface area (TPSA) is 122 Å². The number of carbonyl (C=O) groups excluding carboxylic acids is 1. The first-order valence-electron chi connectivity index (χ1n) is 13.2. The molecule has 0 unspecified atom stereocenters. The minimum absolute atomic E-state index is 0.0265. The molecule has 9 nitrogen and oxygen atoms in total. The average molecular weight is 604 g/mol. The number of nitrogens with zero attached hydrogens (tertiary/aromatic N) is 2. The number of carbonyl (C=O) groups is 1. The Morgan fingerprint density at radius 1 is 0.930 bits per heavy atom. The van der Waals surface area contributed by atoms with E-state index in [2.05, 4.69) is 20.3 Å². The fourth-order valence-electron chi connectivity index (χ4n) is 4.56. The largest absolute Gasteiger partial charge is 0.480 e.